The monoisotopic (exact) mass is 373 g/mol. The number of aromatic nitrogens is 5. The molecular weight excluding hydrogens is 354 g/mol. The van der Waals surface area contributed by atoms with E-state index in [1.165, 1.54) is 0 Å². The number of hydrogen-bond donors (Lipinski definition) is 3. The number of nitrogens with one attached hydrogen (secondary N) is 3. The zero-order valence-electron chi connectivity index (χ0n) is 15.5. The molecule has 1 atom stereocenters. The lowest BCUT2D eigenvalue weighted by molar-refractivity contribution is 0.249. The van der Waals surface area contributed by atoms with E-state index in [0.717, 1.165) is 27.7 Å². The van der Waals surface area contributed by atoms with Crippen LogP contribution in [0.1, 0.15) is 24.4 Å². The Balaban J connectivity index is 1.49. The number of carbonyl (C=O) groups excluding carboxylic acids is 1. The molecule has 0 saturated heterocycles. The van der Waals surface area contributed by atoms with Crippen LogP contribution in [0.3, 0.4) is 0 Å². The van der Waals surface area contributed by atoms with Gasteiger partial charge in [0.05, 0.1) is 11.6 Å². The van der Waals surface area contributed by atoms with Crippen molar-refractivity contribution in [3.8, 4) is 11.3 Å². The zero-order valence-corrected chi connectivity index (χ0v) is 15.5. The predicted octanol–water partition coefficient (Wildman–Crippen LogP) is 3.61. The minimum Gasteiger partial charge on any atom is -0.331 e. The van der Waals surface area contributed by atoms with E-state index in [1.54, 1.807) is 24.7 Å². The molecule has 0 spiro atoms. The standard InChI is InChI=1S/C20H19N7O/c1-12(14-6-4-3-5-7-14)24-20(28)25-18-8-17-16(11-23-18)19(27-26-17)15-9-21-13(2)22-10-15/h3-12H,1-2H3,(H,26,27)(H2,23,24,25,28). The second kappa shape index (κ2) is 7.43. The number of benzene rings is 1. The van der Waals surface area contributed by atoms with Gasteiger partial charge in [0.1, 0.15) is 17.3 Å². The maximum Gasteiger partial charge on any atom is 0.320 e. The Morgan fingerprint density at radius 3 is 2.57 bits per heavy atom. The maximum atomic E-state index is 12.3. The summed E-state index contributed by atoms with van der Waals surface area (Å²) in [6.45, 7) is 3.76. The molecule has 0 bridgehead atoms. The molecule has 28 heavy (non-hydrogen) atoms. The second-order valence-electron chi connectivity index (χ2n) is 6.44. The molecule has 1 aromatic carbocycles. The topological polar surface area (TPSA) is 108 Å². The molecule has 0 aliphatic rings. The number of pyridine rings is 1. The van der Waals surface area contributed by atoms with E-state index in [4.69, 9.17) is 0 Å². The highest BCUT2D eigenvalue weighted by atomic mass is 16.2. The number of amides is 2. The van der Waals surface area contributed by atoms with E-state index in [0.29, 0.717) is 11.6 Å². The number of H-pyrrole nitrogens is 1. The van der Waals surface area contributed by atoms with Crippen LogP contribution in [0, 0.1) is 6.92 Å². The van der Waals surface area contributed by atoms with Crippen molar-refractivity contribution >= 4 is 22.8 Å². The Bertz CT molecular complexity index is 1110. The molecule has 3 heterocycles. The van der Waals surface area contributed by atoms with Gasteiger partial charge in [0, 0.05) is 35.6 Å². The van der Waals surface area contributed by atoms with E-state index in [-0.39, 0.29) is 12.1 Å². The van der Waals surface area contributed by atoms with E-state index in [9.17, 15) is 4.79 Å². The summed E-state index contributed by atoms with van der Waals surface area (Å²) < 4.78 is 0. The number of fused-ring (bicyclic) bond motifs is 1. The first-order valence-corrected chi connectivity index (χ1v) is 8.86. The molecule has 0 radical (unpaired) electrons. The molecule has 140 valence electrons. The fourth-order valence-electron chi connectivity index (χ4n) is 2.89. The molecule has 1 unspecified atom stereocenters. The van der Waals surface area contributed by atoms with Crippen molar-refractivity contribution in [3.63, 3.8) is 0 Å². The highest BCUT2D eigenvalue weighted by Gasteiger charge is 2.13. The van der Waals surface area contributed by atoms with Gasteiger partial charge in [-0.1, -0.05) is 30.3 Å². The second-order valence-corrected chi connectivity index (χ2v) is 6.44. The molecule has 0 fully saturated rings. The van der Waals surface area contributed by atoms with Crippen molar-refractivity contribution in [3.05, 3.63) is 66.4 Å². The summed E-state index contributed by atoms with van der Waals surface area (Å²) in [4.78, 5) is 25.0. The average Bonchev–Trinajstić information content (AvgIpc) is 3.12. The minimum atomic E-state index is -0.324. The van der Waals surface area contributed by atoms with Crippen LogP contribution in [0.25, 0.3) is 22.2 Å². The van der Waals surface area contributed by atoms with Gasteiger partial charge in [0.25, 0.3) is 0 Å². The summed E-state index contributed by atoms with van der Waals surface area (Å²) in [6, 6.07) is 11.1. The van der Waals surface area contributed by atoms with Crippen LogP contribution in [-0.2, 0) is 0 Å². The molecule has 3 N–H and O–H groups in total. The Kier molecular flexibility index (Phi) is 4.67. The summed E-state index contributed by atoms with van der Waals surface area (Å²) in [7, 11) is 0. The van der Waals surface area contributed by atoms with Gasteiger partial charge in [-0.15, -0.1) is 0 Å². The van der Waals surface area contributed by atoms with Crippen LogP contribution in [0.5, 0.6) is 0 Å². The number of nitrogens with zero attached hydrogens (tertiary/aromatic N) is 4. The molecule has 4 rings (SSSR count). The quantitative estimate of drug-likeness (QED) is 0.506. The molecule has 0 aliphatic carbocycles. The van der Waals surface area contributed by atoms with Gasteiger partial charge in [0.15, 0.2) is 0 Å². The van der Waals surface area contributed by atoms with Gasteiger partial charge >= 0.3 is 6.03 Å². The lowest BCUT2D eigenvalue weighted by atomic mass is 10.1. The lowest BCUT2D eigenvalue weighted by Crippen LogP contribution is -2.31. The van der Waals surface area contributed by atoms with Crippen LogP contribution < -0.4 is 10.6 Å². The molecule has 3 aromatic heterocycles. The third-order valence-electron chi connectivity index (χ3n) is 4.39. The smallest absolute Gasteiger partial charge is 0.320 e. The molecule has 0 saturated carbocycles. The van der Waals surface area contributed by atoms with Crippen LogP contribution >= 0.6 is 0 Å². The number of hydrogen-bond acceptors (Lipinski definition) is 5. The van der Waals surface area contributed by atoms with Gasteiger partial charge in [-0.05, 0) is 19.4 Å². The molecule has 8 nitrogen and oxygen atoms in total. The third-order valence-corrected chi connectivity index (χ3v) is 4.39. The van der Waals surface area contributed by atoms with Gasteiger partial charge in [0.2, 0.25) is 0 Å². The summed E-state index contributed by atoms with van der Waals surface area (Å²) >= 11 is 0. The lowest BCUT2D eigenvalue weighted by Gasteiger charge is -2.14. The van der Waals surface area contributed by atoms with Gasteiger partial charge < -0.3 is 5.32 Å². The van der Waals surface area contributed by atoms with Crippen molar-refractivity contribution in [2.45, 2.75) is 19.9 Å². The third kappa shape index (κ3) is 3.66. The van der Waals surface area contributed by atoms with Crippen molar-refractivity contribution in [1.29, 1.82) is 0 Å². The van der Waals surface area contributed by atoms with E-state index in [2.05, 4.69) is 35.8 Å². The summed E-state index contributed by atoms with van der Waals surface area (Å²) in [5.74, 6) is 1.13. The number of aryl methyl sites for hydroxylation is 1. The molecule has 0 aliphatic heterocycles. The SMILES string of the molecule is Cc1ncc(-c2n[nH]c3cc(NC(=O)NC(C)c4ccccc4)ncc23)cn1. The first-order valence-electron chi connectivity index (χ1n) is 8.86. The zero-order chi connectivity index (χ0) is 19.5. The first kappa shape index (κ1) is 17.6. The molecule has 2 amide bonds. The van der Waals surface area contributed by atoms with Crippen LogP contribution in [-0.4, -0.2) is 31.2 Å². The molecular formula is C20H19N7O. The molecule has 4 aromatic rings. The van der Waals surface area contributed by atoms with Crippen molar-refractivity contribution in [2.24, 2.45) is 0 Å². The number of aromatic amines is 1. The fourth-order valence-corrected chi connectivity index (χ4v) is 2.89. The van der Waals surface area contributed by atoms with Crippen molar-refractivity contribution < 1.29 is 4.79 Å². The van der Waals surface area contributed by atoms with E-state index in [1.807, 2.05) is 44.2 Å². The Hall–Kier alpha value is -3.81. The van der Waals surface area contributed by atoms with Crippen molar-refractivity contribution in [1.82, 2.24) is 30.5 Å². The number of carbonyl (C=O) groups is 1. The van der Waals surface area contributed by atoms with E-state index >= 15 is 0 Å². The summed E-state index contributed by atoms with van der Waals surface area (Å²) in [5, 5.41) is 13.8. The van der Waals surface area contributed by atoms with Crippen LogP contribution in [0.4, 0.5) is 10.6 Å². The largest absolute Gasteiger partial charge is 0.331 e. The highest BCUT2D eigenvalue weighted by Crippen LogP contribution is 2.26. The summed E-state index contributed by atoms with van der Waals surface area (Å²) in [5.41, 5.74) is 3.31. The minimum absolute atomic E-state index is 0.120. The number of anilines is 1. The summed E-state index contributed by atoms with van der Waals surface area (Å²) in [6.07, 6.45) is 5.12. The first-order chi connectivity index (χ1) is 13.6. The maximum absolute atomic E-state index is 12.3. The predicted molar refractivity (Wildman–Crippen MR) is 107 cm³/mol. The molecule has 8 heteroatoms. The fraction of sp³-hybridized carbons (Fsp3) is 0.150. The highest BCUT2D eigenvalue weighted by molar-refractivity contribution is 5.95. The average molecular weight is 373 g/mol. The Morgan fingerprint density at radius 1 is 1.07 bits per heavy atom. The Morgan fingerprint density at radius 2 is 1.82 bits per heavy atom. The Labute approximate surface area is 161 Å². The van der Waals surface area contributed by atoms with Gasteiger partial charge in [-0.3, -0.25) is 10.4 Å². The normalized spacial score (nSPS) is 11.9. The number of rotatable bonds is 4. The van der Waals surface area contributed by atoms with Crippen LogP contribution in [0.2, 0.25) is 0 Å². The van der Waals surface area contributed by atoms with E-state index < -0.39 is 0 Å². The van der Waals surface area contributed by atoms with Gasteiger partial charge in [-0.25, -0.2) is 19.7 Å². The number of urea groups is 1. The van der Waals surface area contributed by atoms with Crippen molar-refractivity contribution in [2.75, 3.05) is 5.32 Å². The van der Waals surface area contributed by atoms with Gasteiger partial charge in [-0.2, -0.15) is 5.10 Å². The van der Waals surface area contributed by atoms with Crippen LogP contribution in [0.15, 0.2) is 55.0 Å².